The lowest BCUT2D eigenvalue weighted by Crippen LogP contribution is -2.05. The van der Waals surface area contributed by atoms with E-state index in [9.17, 15) is 9.59 Å². The monoisotopic (exact) mass is 300 g/mol. The van der Waals surface area contributed by atoms with E-state index in [1.807, 2.05) is 36.4 Å². The fraction of sp³-hybridized carbons (Fsp3) is 0.176. The number of esters is 1. The Balaban J connectivity index is 2.18. The van der Waals surface area contributed by atoms with E-state index in [1.54, 1.807) is 12.1 Å². The van der Waals surface area contributed by atoms with E-state index in [4.69, 9.17) is 4.74 Å². The van der Waals surface area contributed by atoms with Crippen molar-refractivity contribution < 1.29 is 14.3 Å². The fourth-order valence-electron chi connectivity index (χ4n) is 2.09. The molecule has 0 aromatic heterocycles. The van der Waals surface area contributed by atoms with Gasteiger partial charge in [-0.15, -0.1) is 0 Å². The summed E-state index contributed by atoms with van der Waals surface area (Å²) in [6.07, 6.45) is 0.649. The predicted molar refractivity (Wildman–Crippen MR) is 85.2 cm³/mol. The summed E-state index contributed by atoms with van der Waals surface area (Å²) in [5, 5.41) is 0. The van der Waals surface area contributed by atoms with E-state index in [2.05, 4.69) is 12.6 Å². The van der Waals surface area contributed by atoms with Gasteiger partial charge in [0, 0.05) is 12.5 Å². The van der Waals surface area contributed by atoms with Crippen LogP contribution in [0.25, 0.3) is 0 Å². The Kier molecular flexibility index (Phi) is 5.17. The molecule has 0 saturated carbocycles. The molecule has 0 N–H and O–H groups in total. The first-order valence-corrected chi connectivity index (χ1v) is 7.22. The van der Waals surface area contributed by atoms with Crippen LogP contribution in [0.5, 0.6) is 5.75 Å². The van der Waals surface area contributed by atoms with Gasteiger partial charge in [-0.05, 0) is 29.7 Å². The minimum absolute atomic E-state index is 0.0190. The Morgan fingerprint density at radius 2 is 1.71 bits per heavy atom. The van der Waals surface area contributed by atoms with Gasteiger partial charge < -0.3 is 4.74 Å². The van der Waals surface area contributed by atoms with Gasteiger partial charge >= 0.3 is 5.97 Å². The summed E-state index contributed by atoms with van der Waals surface area (Å²) in [6.45, 7) is 1.37. The van der Waals surface area contributed by atoms with Crippen molar-refractivity contribution in [1.29, 1.82) is 0 Å². The van der Waals surface area contributed by atoms with E-state index in [0.717, 1.165) is 11.1 Å². The molecule has 0 spiro atoms. The second-order valence-corrected chi connectivity index (χ2v) is 4.97. The van der Waals surface area contributed by atoms with Crippen LogP contribution in [0.1, 0.15) is 28.4 Å². The Morgan fingerprint density at radius 3 is 2.33 bits per heavy atom. The van der Waals surface area contributed by atoms with Crippen LogP contribution in [0.4, 0.5) is 0 Å². The molecule has 0 heterocycles. The number of hydrogen-bond donors (Lipinski definition) is 1. The summed E-state index contributed by atoms with van der Waals surface area (Å²) in [4.78, 5) is 22.7. The molecule has 0 aliphatic rings. The molecule has 2 rings (SSSR count). The number of carbonyl (C=O) groups excluding carboxylic acids is 2. The third-order valence-corrected chi connectivity index (χ3v) is 3.33. The number of ketones is 1. The van der Waals surface area contributed by atoms with Crippen molar-refractivity contribution in [2.75, 3.05) is 5.75 Å². The average Bonchev–Trinajstić information content (AvgIpc) is 2.48. The van der Waals surface area contributed by atoms with E-state index in [1.165, 1.54) is 6.92 Å². The van der Waals surface area contributed by atoms with Gasteiger partial charge in [0.05, 0.1) is 5.75 Å². The first-order chi connectivity index (χ1) is 10.1. The molecule has 4 heteroatoms. The summed E-state index contributed by atoms with van der Waals surface area (Å²) in [6, 6.07) is 14.8. The molecular weight excluding hydrogens is 284 g/mol. The van der Waals surface area contributed by atoms with Crippen LogP contribution in [0.3, 0.4) is 0 Å². The molecule has 2 aromatic rings. The standard InChI is InChI=1S/C17H16O3S/c1-12(18)20-15-8-6-13(7-9-15)10-14-4-2-3-5-16(14)17(19)11-21/h2-9,21H,10-11H2,1H3. The zero-order valence-corrected chi connectivity index (χ0v) is 12.6. The predicted octanol–water partition coefficient (Wildman–Crippen LogP) is 3.32. The van der Waals surface area contributed by atoms with Crippen molar-refractivity contribution in [2.45, 2.75) is 13.3 Å². The molecule has 0 aliphatic heterocycles. The molecule has 0 fully saturated rings. The third kappa shape index (κ3) is 4.20. The van der Waals surface area contributed by atoms with Gasteiger partial charge in [-0.3, -0.25) is 9.59 Å². The minimum Gasteiger partial charge on any atom is -0.427 e. The number of ether oxygens (including phenoxy) is 1. The molecule has 0 saturated heterocycles. The molecule has 108 valence electrons. The lowest BCUT2D eigenvalue weighted by atomic mass is 9.98. The zero-order valence-electron chi connectivity index (χ0n) is 11.7. The normalized spacial score (nSPS) is 10.2. The zero-order chi connectivity index (χ0) is 15.2. The summed E-state index contributed by atoms with van der Waals surface area (Å²) >= 11 is 4.05. The van der Waals surface area contributed by atoms with Crippen LogP contribution in [-0.4, -0.2) is 17.5 Å². The molecule has 0 unspecified atom stereocenters. The second-order valence-electron chi connectivity index (χ2n) is 4.65. The molecule has 2 aromatic carbocycles. The highest BCUT2D eigenvalue weighted by Crippen LogP contribution is 2.18. The van der Waals surface area contributed by atoms with Crippen molar-refractivity contribution in [3.63, 3.8) is 0 Å². The summed E-state index contributed by atoms with van der Waals surface area (Å²) < 4.78 is 5.00. The molecule has 3 nitrogen and oxygen atoms in total. The smallest absolute Gasteiger partial charge is 0.308 e. The Labute approximate surface area is 129 Å². The van der Waals surface area contributed by atoms with Gasteiger partial charge in [0.25, 0.3) is 0 Å². The number of thiol groups is 1. The van der Waals surface area contributed by atoms with Crippen molar-refractivity contribution in [3.8, 4) is 5.75 Å². The molecule has 0 atom stereocenters. The van der Waals surface area contributed by atoms with Gasteiger partial charge in [0.15, 0.2) is 5.78 Å². The summed E-state index contributed by atoms with van der Waals surface area (Å²) in [5.74, 6) is 0.395. The first kappa shape index (κ1) is 15.3. The molecule has 0 bridgehead atoms. The van der Waals surface area contributed by atoms with Gasteiger partial charge in [-0.25, -0.2) is 0 Å². The molecule has 0 amide bonds. The molecular formula is C17H16O3S. The topological polar surface area (TPSA) is 43.4 Å². The van der Waals surface area contributed by atoms with Gasteiger partial charge in [-0.2, -0.15) is 12.6 Å². The fourth-order valence-corrected chi connectivity index (χ4v) is 2.26. The Hall–Kier alpha value is -2.07. The van der Waals surface area contributed by atoms with Crippen LogP contribution >= 0.6 is 12.6 Å². The van der Waals surface area contributed by atoms with Crippen molar-refractivity contribution in [2.24, 2.45) is 0 Å². The third-order valence-electron chi connectivity index (χ3n) is 3.04. The van der Waals surface area contributed by atoms with E-state index < -0.39 is 0 Å². The van der Waals surface area contributed by atoms with Crippen LogP contribution in [0.15, 0.2) is 48.5 Å². The van der Waals surface area contributed by atoms with Crippen LogP contribution < -0.4 is 4.74 Å². The molecule has 21 heavy (non-hydrogen) atoms. The highest BCUT2D eigenvalue weighted by atomic mass is 32.1. The summed E-state index contributed by atoms with van der Waals surface area (Å²) in [7, 11) is 0. The largest absolute Gasteiger partial charge is 0.427 e. The highest BCUT2D eigenvalue weighted by Gasteiger charge is 2.09. The number of benzene rings is 2. The van der Waals surface area contributed by atoms with Gasteiger partial charge in [0.2, 0.25) is 0 Å². The molecule has 0 radical (unpaired) electrons. The number of rotatable bonds is 5. The van der Waals surface area contributed by atoms with E-state index in [-0.39, 0.29) is 17.5 Å². The van der Waals surface area contributed by atoms with Crippen molar-refractivity contribution in [1.82, 2.24) is 0 Å². The maximum atomic E-state index is 11.9. The number of carbonyl (C=O) groups is 2. The second kappa shape index (κ2) is 7.09. The van der Waals surface area contributed by atoms with E-state index in [0.29, 0.717) is 17.7 Å². The average molecular weight is 300 g/mol. The lowest BCUT2D eigenvalue weighted by Gasteiger charge is -2.08. The van der Waals surface area contributed by atoms with Crippen LogP contribution in [0.2, 0.25) is 0 Å². The van der Waals surface area contributed by atoms with Gasteiger partial charge in [-0.1, -0.05) is 36.4 Å². The Morgan fingerprint density at radius 1 is 1.05 bits per heavy atom. The first-order valence-electron chi connectivity index (χ1n) is 6.59. The SMILES string of the molecule is CC(=O)Oc1ccc(Cc2ccccc2C(=O)CS)cc1. The highest BCUT2D eigenvalue weighted by molar-refractivity contribution is 7.81. The number of Topliss-reactive ketones (excluding diaryl/α,β-unsaturated/α-hetero) is 1. The van der Waals surface area contributed by atoms with Crippen LogP contribution in [-0.2, 0) is 11.2 Å². The maximum absolute atomic E-state index is 11.9. The quantitative estimate of drug-likeness (QED) is 0.399. The maximum Gasteiger partial charge on any atom is 0.308 e. The minimum atomic E-state index is -0.340. The van der Waals surface area contributed by atoms with Crippen molar-refractivity contribution in [3.05, 3.63) is 65.2 Å². The van der Waals surface area contributed by atoms with Gasteiger partial charge in [0.1, 0.15) is 5.75 Å². The molecule has 0 aliphatic carbocycles. The van der Waals surface area contributed by atoms with Crippen LogP contribution in [0, 0.1) is 0 Å². The Bertz CT molecular complexity index is 647. The summed E-state index contributed by atoms with van der Waals surface area (Å²) in [5.41, 5.74) is 2.72. The number of hydrogen-bond acceptors (Lipinski definition) is 4. The lowest BCUT2D eigenvalue weighted by molar-refractivity contribution is -0.131. The van der Waals surface area contributed by atoms with E-state index >= 15 is 0 Å². The van der Waals surface area contributed by atoms with Crippen molar-refractivity contribution >= 4 is 24.4 Å².